The smallest absolute Gasteiger partial charge is 0.267 e. The Morgan fingerprint density at radius 1 is 1.33 bits per heavy atom. The van der Waals surface area contributed by atoms with E-state index < -0.39 is 11.7 Å². The predicted molar refractivity (Wildman–Crippen MR) is 80.5 cm³/mol. The summed E-state index contributed by atoms with van der Waals surface area (Å²) in [6.07, 6.45) is 3.27. The number of benzene rings is 1. The average molecular weight is 288 g/mol. The number of nitrogens with zero attached hydrogens (tertiary/aromatic N) is 1. The number of nitrogens with one attached hydrogen (secondary N) is 1. The van der Waals surface area contributed by atoms with E-state index >= 15 is 0 Å². The molecule has 2 saturated carbocycles. The van der Waals surface area contributed by atoms with E-state index in [1.165, 1.54) is 18.6 Å². The second-order valence-electron chi connectivity index (χ2n) is 6.97. The van der Waals surface area contributed by atoms with E-state index in [0.29, 0.717) is 5.92 Å². The number of halogens is 1. The molecule has 2 aliphatic carbocycles. The van der Waals surface area contributed by atoms with Crippen LogP contribution in [-0.2, 0) is 0 Å². The molecule has 1 aromatic carbocycles. The predicted octanol–water partition coefficient (Wildman–Crippen LogP) is 3.76. The highest BCUT2D eigenvalue weighted by Crippen LogP contribution is 2.63. The van der Waals surface area contributed by atoms with Gasteiger partial charge in [0.2, 0.25) is 0 Å². The maximum Gasteiger partial charge on any atom is 0.274 e. The highest BCUT2D eigenvalue weighted by Gasteiger charge is 2.60. The normalized spacial score (nSPS) is 31.6. The molecule has 0 radical (unpaired) electrons. The molecule has 2 atom stereocenters. The standard InChI is InChI=1S/C17H21FN2O/c1-16(2)11-8-9-17(16,3)14(10-11)19-20-15(21)12-6-4-5-7-13(12)18/h4-7,11H,8-10H2,1-3H3,(H,20,21)/b19-14+/t11-,17+/m0/s1. The van der Waals surface area contributed by atoms with Gasteiger partial charge in [0.05, 0.1) is 5.56 Å². The summed E-state index contributed by atoms with van der Waals surface area (Å²) in [6, 6.07) is 5.96. The lowest BCUT2D eigenvalue weighted by atomic mass is 9.70. The molecule has 0 spiro atoms. The SMILES string of the molecule is CC1(C)[C@H]2CC[C@]1(C)/C(=N/NC(=O)c1ccccc1F)C2. The van der Waals surface area contributed by atoms with Crippen molar-refractivity contribution in [3.63, 3.8) is 0 Å². The molecule has 3 rings (SSSR count). The van der Waals surface area contributed by atoms with Crippen molar-refractivity contribution in [2.75, 3.05) is 0 Å². The number of amides is 1. The fourth-order valence-electron chi connectivity index (χ4n) is 3.92. The average Bonchev–Trinajstić information content (AvgIpc) is 2.78. The third kappa shape index (κ3) is 2.00. The molecule has 112 valence electrons. The van der Waals surface area contributed by atoms with Crippen LogP contribution in [0.5, 0.6) is 0 Å². The van der Waals surface area contributed by atoms with Crippen LogP contribution in [0.25, 0.3) is 0 Å². The highest BCUT2D eigenvalue weighted by molar-refractivity contribution is 5.98. The minimum absolute atomic E-state index is 0.0365. The lowest BCUT2D eigenvalue weighted by molar-refractivity contribution is 0.0950. The minimum atomic E-state index is -0.519. The van der Waals surface area contributed by atoms with Gasteiger partial charge in [-0.05, 0) is 42.7 Å². The number of fused-ring (bicyclic) bond motifs is 2. The van der Waals surface area contributed by atoms with Crippen molar-refractivity contribution in [2.24, 2.45) is 21.8 Å². The van der Waals surface area contributed by atoms with Crippen LogP contribution in [0.3, 0.4) is 0 Å². The highest BCUT2D eigenvalue weighted by atomic mass is 19.1. The summed E-state index contributed by atoms with van der Waals surface area (Å²) < 4.78 is 13.6. The molecule has 2 aliphatic rings. The number of hydrogen-bond donors (Lipinski definition) is 1. The maximum atomic E-state index is 13.6. The van der Waals surface area contributed by atoms with Crippen LogP contribution in [0, 0.1) is 22.6 Å². The van der Waals surface area contributed by atoms with Gasteiger partial charge in [-0.3, -0.25) is 4.79 Å². The molecule has 4 heteroatoms. The first kappa shape index (κ1) is 14.2. The van der Waals surface area contributed by atoms with Crippen molar-refractivity contribution in [1.82, 2.24) is 5.43 Å². The Kier molecular flexibility index (Phi) is 3.15. The second kappa shape index (κ2) is 4.65. The Morgan fingerprint density at radius 3 is 2.62 bits per heavy atom. The molecular formula is C17H21FN2O. The quantitative estimate of drug-likeness (QED) is 0.827. The third-order valence-electron chi connectivity index (χ3n) is 5.92. The lowest BCUT2D eigenvalue weighted by Gasteiger charge is -2.34. The first-order valence-electron chi connectivity index (χ1n) is 7.48. The summed E-state index contributed by atoms with van der Waals surface area (Å²) in [5.74, 6) is -0.369. The van der Waals surface area contributed by atoms with Crippen molar-refractivity contribution in [2.45, 2.75) is 40.0 Å². The van der Waals surface area contributed by atoms with Gasteiger partial charge in [0.25, 0.3) is 5.91 Å². The van der Waals surface area contributed by atoms with Gasteiger partial charge >= 0.3 is 0 Å². The molecule has 0 heterocycles. The van der Waals surface area contributed by atoms with Crippen molar-refractivity contribution in [3.05, 3.63) is 35.6 Å². The van der Waals surface area contributed by atoms with Gasteiger partial charge in [-0.25, -0.2) is 9.82 Å². The Hall–Kier alpha value is -1.71. The fraction of sp³-hybridized carbons (Fsp3) is 0.529. The van der Waals surface area contributed by atoms with Crippen molar-refractivity contribution in [3.8, 4) is 0 Å². The van der Waals surface area contributed by atoms with E-state index in [-0.39, 0.29) is 16.4 Å². The van der Waals surface area contributed by atoms with Crippen LogP contribution < -0.4 is 5.43 Å². The van der Waals surface area contributed by atoms with Gasteiger partial charge in [-0.2, -0.15) is 5.10 Å². The topological polar surface area (TPSA) is 41.5 Å². The van der Waals surface area contributed by atoms with E-state index in [2.05, 4.69) is 31.3 Å². The fourth-order valence-corrected chi connectivity index (χ4v) is 3.92. The van der Waals surface area contributed by atoms with Gasteiger partial charge in [0.15, 0.2) is 0 Å². The molecule has 0 aliphatic heterocycles. The summed E-state index contributed by atoms with van der Waals surface area (Å²) in [7, 11) is 0. The minimum Gasteiger partial charge on any atom is -0.267 e. The Labute approximate surface area is 124 Å². The Bertz CT molecular complexity index is 623. The van der Waals surface area contributed by atoms with Gasteiger partial charge in [-0.1, -0.05) is 32.9 Å². The summed E-state index contributed by atoms with van der Waals surface area (Å²) in [5.41, 5.74) is 3.88. The molecule has 3 nitrogen and oxygen atoms in total. The van der Waals surface area contributed by atoms with Crippen LogP contribution >= 0.6 is 0 Å². The molecule has 2 bridgehead atoms. The van der Waals surface area contributed by atoms with Crippen molar-refractivity contribution in [1.29, 1.82) is 0 Å². The van der Waals surface area contributed by atoms with E-state index in [0.717, 1.165) is 18.6 Å². The number of carbonyl (C=O) groups excluding carboxylic acids is 1. The number of carbonyl (C=O) groups is 1. The van der Waals surface area contributed by atoms with Crippen LogP contribution in [0.1, 0.15) is 50.4 Å². The zero-order chi connectivity index (χ0) is 15.3. The zero-order valence-corrected chi connectivity index (χ0v) is 12.7. The van der Waals surface area contributed by atoms with E-state index in [1.54, 1.807) is 12.1 Å². The first-order valence-corrected chi connectivity index (χ1v) is 7.48. The van der Waals surface area contributed by atoms with Gasteiger partial charge in [0, 0.05) is 11.1 Å². The molecule has 21 heavy (non-hydrogen) atoms. The Morgan fingerprint density at radius 2 is 2.05 bits per heavy atom. The number of rotatable bonds is 2. The molecular weight excluding hydrogens is 267 g/mol. The zero-order valence-electron chi connectivity index (χ0n) is 12.7. The van der Waals surface area contributed by atoms with Gasteiger partial charge in [-0.15, -0.1) is 0 Å². The lowest BCUT2D eigenvalue weighted by Crippen LogP contribution is -2.34. The maximum absolute atomic E-state index is 13.6. The number of hydrogen-bond acceptors (Lipinski definition) is 2. The van der Waals surface area contributed by atoms with Crippen LogP contribution in [0.15, 0.2) is 29.4 Å². The summed E-state index contributed by atoms with van der Waals surface area (Å²) in [6.45, 7) is 6.80. The first-order chi connectivity index (χ1) is 9.86. The summed E-state index contributed by atoms with van der Waals surface area (Å²) >= 11 is 0. The van der Waals surface area contributed by atoms with Crippen molar-refractivity contribution < 1.29 is 9.18 Å². The van der Waals surface area contributed by atoms with Crippen molar-refractivity contribution >= 4 is 11.6 Å². The Balaban J connectivity index is 1.79. The van der Waals surface area contributed by atoms with E-state index in [9.17, 15) is 9.18 Å². The molecule has 1 aromatic rings. The number of hydrazone groups is 1. The van der Waals surface area contributed by atoms with Gasteiger partial charge < -0.3 is 0 Å². The van der Waals surface area contributed by atoms with Gasteiger partial charge in [0.1, 0.15) is 5.82 Å². The van der Waals surface area contributed by atoms with E-state index in [4.69, 9.17) is 0 Å². The molecule has 1 amide bonds. The van der Waals surface area contributed by atoms with Crippen LogP contribution in [0.4, 0.5) is 4.39 Å². The molecule has 1 N–H and O–H groups in total. The van der Waals surface area contributed by atoms with Crippen LogP contribution in [-0.4, -0.2) is 11.6 Å². The summed E-state index contributed by atoms with van der Waals surface area (Å²) in [5, 5.41) is 4.34. The second-order valence-corrected chi connectivity index (χ2v) is 6.97. The summed E-state index contributed by atoms with van der Waals surface area (Å²) in [4.78, 5) is 12.0. The third-order valence-corrected chi connectivity index (χ3v) is 5.92. The largest absolute Gasteiger partial charge is 0.274 e. The molecule has 0 saturated heterocycles. The molecule has 0 aromatic heterocycles. The monoisotopic (exact) mass is 288 g/mol. The molecule has 2 fully saturated rings. The van der Waals surface area contributed by atoms with Crippen LogP contribution in [0.2, 0.25) is 0 Å². The molecule has 0 unspecified atom stereocenters. The van der Waals surface area contributed by atoms with E-state index in [1.807, 2.05) is 0 Å².